The van der Waals surface area contributed by atoms with Crippen molar-refractivity contribution in [1.82, 2.24) is 5.32 Å². The first-order valence-electron chi connectivity index (χ1n) is 6.24. The molecule has 15 heavy (non-hydrogen) atoms. The lowest BCUT2D eigenvalue weighted by Crippen LogP contribution is -2.46. The first-order valence-corrected chi connectivity index (χ1v) is 6.24. The zero-order valence-corrected chi connectivity index (χ0v) is 9.22. The molecule has 3 aliphatic rings. The Kier molecular flexibility index (Phi) is 1.95. The van der Waals surface area contributed by atoms with Crippen LogP contribution in [0, 0.1) is 5.41 Å². The highest BCUT2D eigenvalue weighted by Crippen LogP contribution is 2.51. The molecule has 0 unspecified atom stereocenters. The average Bonchev–Trinajstić information content (AvgIpc) is 2.81. The Bertz CT molecular complexity index is 302. The molecule has 82 valence electrons. The Morgan fingerprint density at radius 2 is 1.67 bits per heavy atom. The van der Waals surface area contributed by atoms with Crippen LogP contribution in [0.15, 0.2) is 12.2 Å². The molecular weight excluding hydrogens is 186 g/mol. The molecule has 0 atom stereocenters. The van der Waals surface area contributed by atoms with Crippen LogP contribution in [-0.2, 0) is 4.79 Å². The van der Waals surface area contributed by atoms with Crippen LogP contribution < -0.4 is 5.32 Å². The van der Waals surface area contributed by atoms with Crippen LogP contribution in [0.2, 0.25) is 0 Å². The fourth-order valence-electron chi connectivity index (χ4n) is 3.71. The molecule has 0 aromatic carbocycles. The van der Waals surface area contributed by atoms with Crippen LogP contribution >= 0.6 is 0 Å². The van der Waals surface area contributed by atoms with Crippen molar-refractivity contribution >= 4 is 5.91 Å². The van der Waals surface area contributed by atoms with Gasteiger partial charge in [0.2, 0.25) is 5.91 Å². The number of carbonyl (C=O) groups excluding carboxylic acids is 1. The summed E-state index contributed by atoms with van der Waals surface area (Å²) in [7, 11) is 0. The maximum atomic E-state index is 11.2. The summed E-state index contributed by atoms with van der Waals surface area (Å²) in [6.45, 7) is 0. The van der Waals surface area contributed by atoms with Gasteiger partial charge in [0.15, 0.2) is 0 Å². The van der Waals surface area contributed by atoms with Crippen LogP contribution in [0.4, 0.5) is 0 Å². The monoisotopic (exact) mass is 205 g/mol. The van der Waals surface area contributed by atoms with Gasteiger partial charge in [-0.15, -0.1) is 0 Å². The van der Waals surface area contributed by atoms with Crippen LogP contribution in [0.25, 0.3) is 0 Å². The van der Waals surface area contributed by atoms with E-state index in [1.807, 2.05) is 0 Å². The van der Waals surface area contributed by atoms with Gasteiger partial charge in [0.25, 0.3) is 0 Å². The van der Waals surface area contributed by atoms with E-state index in [0.717, 1.165) is 12.8 Å². The van der Waals surface area contributed by atoms with Crippen molar-refractivity contribution < 1.29 is 4.79 Å². The topological polar surface area (TPSA) is 29.1 Å². The maximum absolute atomic E-state index is 11.2. The highest BCUT2D eigenvalue weighted by atomic mass is 16.1. The molecule has 1 N–H and O–H groups in total. The summed E-state index contributed by atoms with van der Waals surface area (Å²) >= 11 is 0. The molecule has 2 nitrogen and oxygen atoms in total. The predicted octanol–water partition coefficient (Wildman–Crippen LogP) is 2.55. The maximum Gasteiger partial charge on any atom is 0.244 e. The first kappa shape index (κ1) is 9.44. The summed E-state index contributed by atoms with van der Waals surface area (Å²) in [6, 6.07) is 0. The summed E-state index contributed by atoms with van der Waals surface area (Å²) in [5, 5.41) is 3.13. The second-order valence-corrected chi connectivity index (χ2v) is 5.69. The molecule has 2 fully saturated rings. The van der Waals surface area contributed by atoms with E-state index in [9.17, 15) is 4.79 Å². The van der Waals surface area contributed by atoms with Crippen LogP contribution in [0.1, 0.15) is 51.4 Å². The molecule has 2 saturated carbocycles. The lowest BCUT2D eigenvalue weighted by Gasteiger charge is -2.42. The van der Waals surface area contributed by atoms with E-state index in [-0.39, 0.29) is 11.4 Å². The van der Waals surface area contributed by atoms with E-state index in [1.54, 1.807) is 6.08 Å². The molecule has 3 rings (SSSR count). The Morgan fingerprint density at radius 1 is 1.00 bits per heavy atom. The third kappa shape index (κ3) is 1.51. The summed E-state index contributed by atoms with van der Waals surface area (Å²) in [5.41, 5.74) is 0.706. The number of hydrogen-bond acceptors (Lipinski definition) is 1. The lowest BCUT2D eigenvalue weighted by atomic mass is 9.67. The molecular formula is C13H19NO. The lowest BCUT2D eigenvalue weighted by molar-refractivity contribution is -0.117. The Morgan fingerprint density at radius 3 is 2.20 bits per heavy atom. The highest BCUT2D eigenvalue weighted by molar-refractivity contribution is 5.91. The number of amides is 1. The number of carbonyl (C=O) groups is 1. The quantitative estimate of drug-likeness (QED) is 0.647. The molecule has 2 spiro atoms. The number of nitrogens with one attached hydrogen (secondary N) is 1. The third-order valence-corrected chi connectivity index (χ3v) is 4.79. The second kappa shape index (κ2) is 3.10. The van der Waals surface area contributed by atoms with Crippen molar-refractivity contribution in [3.05, 3.63) is 12.2 Å². The predicted molar refractivity (Wildman–Crippen MR) is 59.4 cm³/mol. The van der Waals surface area contributed by atoms with Gasteiger partial charge in [-0.3, -0.25) is 4.79 Å². The van der Waals surface area contributed by atoms with Crippen molar-refractivity contribution in [3.8, 4) is 0 Å². The molecule has 0 aromatic heterocycles. The largest absolute Gasteiger partial charge is 0.344 e. The molecule has 0 saturated heterocycles. The zero-order chi connectivity index (χ0) is 10.4. The Balaban J connectivity index is 1.70. The van der Waals surface area contributed by atoms with Gasteiger partial charge in [-0.1, -0.05) is 18.9 Å². The van der Waals surface area contributed by atoms with Crippen LogP contribution in [0.3, 0.4) is 0 Å². The van der Waals surface area contributed by atoms with Crippen LogP contribution in [0.5, 0.6) is 0 Å². The standard InChI is InChI=1S/C13H19NO/c15-11-3-6-13(14-11)9-7-12(8-10-13)4-1-2-5-12/h3,6H,1-2,4-5,7-10H2,(H,14,15). The van der Waals surface area contributed by atoms with Gasteiger partial charge in [0, 0.05) is 6.08 Å². The molecule has 2 heteroatoms. The van der Waals surface area contributed by atoms with E-state index in [0.29, 0.717) is 5.41 Å². The first-order chi connectivity index (χ1) is 7.22. The SMILES string of the molecule is O=C1C=CC2(CCC3(CCCC3)CC2)N1. The van der Waals surface area contributed by atoms with Crippen molar-refractivity contribution in [2.24, 2.45) is 5.41 Å². The molecule has 0 bridgehead atoms. The minimum Gasteiger partial charge on any atom is -0.344 e. The van der Waals surface area contributed by atoms with E-state index in [4.69, 9.17) is 0 Å². The summed E-state index contributed by atoms with van der Waals surface area (Å²) in [6.07, 6.45) is 14.5. The molecule has 2 aliphatic carbocycles. The smallest absolute Gasteiger partial charge is 0.244 e. The molecule has 1 heterocycles. The number of rotatable bonds is 0. The average molecular weight is 205 g/mol. The van der Waals surface area contributed by atoms with Crippen molar-refractivity contribution in [1.29, 1.82) is 0 Å². The van der Waals surface area contributed by atoms with Gasteiger partial charge in [0.05, 0.1) is 5.54 Å². The summed E-state index contributed by atoms with van der Waals surface area (Å²) in [4.78, 5) is 11.2. The molecule has 1 aliphatic heterocycles. The van der Waals surface area contributed by atoms with Crippen molar-refractivity contribution in [2.75, 3.05) is 0 Å². The van der Waals surface area contributed by atoms with Gasteiger partial charge in [-0.05, 0) is 43.9 Å². The summed E-state index contributed by atoms with van der Waals surface area (Å²) in [5.74, 6) is 0.109. The fraction of sp³-hybridized carbons (Fsp3) is 0.769. The minimum atomic E-state index is 0.0466. The van der Waals surface area contributed by atoms with Crippen LogP contribution in [-0.4, -0.2) is 11.4 Å². The number of hydrogen-bond donors (Lipinski definition) is 1. The van der Waals surface area contributed by atoms with Crippen molar-refractivity contribution in [3.63, 3.8) is 0 Å². The Labute approximate surface area is 91.1 Å². The molecule has 0 aromatic rings. The van der Waals surface area contributed by atoms with E-state index < -0.39 is 0 Å². The van der Waals surface area contributed by atoms with Gasteiger partial charge < -0.3 is 5.32 Å². The molecule has 0 radical (unpaired) electrons. The van der Waals surface area contributed by atoms with E-state index in [2.05, 4.69) is 11.4 Å². The molecule has 1 amide bonds. The minimum absolute atomic E-state index is 0.0466. The van der Waals surface area contributed by atoms with Gasteiger partial charge in [0.1, 0.15) is 0 Å². The highest BCUT2D eigenvalue weighted by Gasteiger charge is 2.44. The normalized spacial score (nSPS) is 31.3. The van der Waals surface area contributed by atoms with E-state index in [1.165, 1.54) is 38.5 Å². The van der Waals surface area contributed by atoms with Crippen molar-refractivity contribution in [2.45, 2.75) is 56.9 Å². The zero-order valence-electron chi connectivity index (χ0n) is 9.22. The Hall–Kier alpha value is -0.790. The van der Waals surface area contributed by atoms with Gasteiger partial charge >= 0.3 is 0 Å². The van der Waals surface area contributed by atoms with Gasteiger partial charge in [-0.25, -0.2) is 0 Å². The third-order valence-electron chi connectivity index (χ3n) is 4.79. The van der Waals surface area contributed by atoms with E-state index >= 15 is 0 Å². The summed E-state index contributed by atoms with van der Waals surface area (Å²) < 4.78 is 0. The fourth-order valence-corrected chi connectivity index (χ4v) is 3.71. The second-order valence-electron chi connectivity index (χ2n) is 5.69. The van der Waals surface area contributed by atoms with Gasteiger partial charge in [-0.2, -0.15) is 0 Å².